The first-order chi connectivity index (χ1) is 19.4. The van der Waals surface area contributed by atoms with Gasteiger partial charge in [-0.15, -0.1) is 0 Å². The molecule has 0 heterocycles. The quantitative estimate of drug-likeness (QED) is 0.216. The summed E-state index contributed by atoms with van der Waals surface area (Å²) in [5.74, 6) is -0.0862. The minimum Gasteiger partial charge on any atom is -0.489 e. The third-order valence-electron chi connectivity index (χ3n) is 5.70. The number of rotatable bonds is 11. The van der Waals surface area contributed by atoms with Crippen LogP contribution in [0.25, 0.3) is 0 Å². The summed E-state index contributed by atoms with van der Waals surface area (Å²) in [4.78, 5) is 12.7. The minimum absolute atomic E-state index is 0.0615. The van der Waals surface area contributed by atoms with E-state index in [0.29, 0.717) is 12.4 Å². The maximum absolute atomic E-state index is 12.8. The molecule has 0 radical (unpaired) electrons. The van der Waals surface area contributed by atoms with Crippen LogP contribution in [-0.4, -0.2) is 35.5 Å². The van der Waals surface area contributed by atoms with Gasteiger partial charge in [-0.25, -0.2) is 16.8 Å². The lowest BCUT2D eigenvalue weighted by Gasteiger charge is -2.22. The van der Waals surface area contributed by atoms with E-state index >= 15 is 0 Å². The van der Waals surface area contributed by atoms with Gasteiger partial charge in [-0.3, -0.25) is 13.8 Å². The lowest BCUT2D eigenvalue weighted by atomic mass is 10.2. The van der Waals surface area contributed by atoms with Gasteiger partial charge in [0.05, 0.1) is 32.6 Å². The molecule has 0 aliphatic heterocycles. The van der Waals surface area contributed by atoms with Crippen LogP contribution in [0, 0.1) is 0 Å². The summed E-state index contributed by atoms with van der Waals surface area (Å²) in [6, 6.07) is 25.8. The molecule has 0 aliphatic carbocycles. The molecule has 0 unspecified atom stereocenters. The number of hydrogen-bond donors (Lipinski definition) is 2. The summed E-state index contributed by atoms with van der Waals surface area (Å²) in [5, 5.41) is 2.84. The first kappa shape index (κ1) is 30.2. The Hall–Kier alpha value is -3.77. The van der Waals surface area contributed by atoms with Crippen LogP contribution < -0.4 is 19.1 Å². The fraction of sp³-hybridized carbons (Fsp3) is 0.107. The van der Waals surface area contributed by atoms with Gasteiger partial charge in [-0.1, -0.05) is 59.6 Å². The van der Waals surface area contributed by atoms with Crippen LogP contribution in [-0.2, 0) is 31.4 Å². The Morgan fingerprint density at radius 3 is 2.12 bits per heavy atom. The van der Waals surface area contributed by atoms with Crippen molar-refractivity contribution in [2.24, 2.45) is 0 Å². The highest BCUT2D eigenvalue weighted by Gasteiger charge is 2.22. The van der Waals surface area contributed by atoms with Gasteiger partial charge >= 0.3 is 0 Å². The third kappa shape index (κ3) is 8.14. The number of amides is 1. The lowest BCUT2D eigenvalue weighted by Crippen LogP contribution is -2.37. The largest absolute Gasteiger partial charge is 0.489 e. The molecule has 9 nitrogen and oxygen atoms in total. The van der Waals surface area contributed by atoms with E-state index in [9.17, 15) is 21.6 Å². The molecule has 0 aliphatic rings. The van der Waals surface area contributed by atoms with E-state index in [0.717, 1.165) is 16.1 Å². The van der Waals surface area contributed by atoms with E-state index in [1.54, 1.807) is 30.3 Å². The number of ether oxygens (including phenoxy) is 1. The van der Waals surface area contributed by atoms with Crippen molar-refractivity contribution in [2.75, 3.05) is 27.1 Å². The second-order valence-electron chi connectivity index (χ2n) is 8.82. The zero-order valence-corrected chi connectivity index (χ0v) is 24.8. The van der Waals surface area contributed by atoms with Crippen molar-refractivity contribution in [3.8, 4) is 5.75 Å². The van der Waals surface area contributed by atoms with Crippen molar-refractivity contribution in [1.29, 1.82) is 0 Å². The molecule has 0 atom stereocenters. The van der Waals surface area contributed by atoms with Crippen LogP contribution in [0.4, 0.5) is 17.1 Å². The van der Waals surface area contributed by atoms with Crippen molar-refractivity contribution in [3.63, 3.8) is 0 Å². The molecule has 41 heavy (non-hydrogen) atoms. The zero-order valence-electron chi connectivity index (χ0n) is 21.6. The van der Waals surface area contributed by atoms with E-state index < -0.39 is 32.5 Å². The van der Waals surface area contributed by atoms with Crippen LogP contribution in [0.2, 0.25) is 10.0 Å². The highest BCUT2D eigenvalue weighted by atomic mass is 35.5. The van der Waals surface area contributed by atoms with Crippen molar-refractivity contribution in [3.05, 3.63) is 113 Å². The Kier molecular flexibility index (Phi) is 9.44. The van der Waals surface area contributed by atoms with Gasteiger partial charge in [-0.2, -0.15) is 0 Å². The Morgan fingerprint density at radius 1 is 0.829 bits per heavy atom. The average molecular weight is 635 g/mol. The van der Waals surface area contributed by atoms with Crippen LogP contribution in [0.1, 0.15) is 5.56 Å². The molecular weight excluding hydrogens is 609 g/mol. The standard InChI is InChI=1S/C28H25Cl2N3O6S2/c1-40(35,36)33(22-12-14-23(15-13-22)39-19-20-6-3-2-4-7-20)18-27(34)31-21-10-16-24(17-11-21)41(37,38)32-26-9-5-8-25(29)28(26)30/h2-17,32H,18-19H2,1H3,(H,31,34). The van der Waals surface area contributed by atoms with Gasteiger partial charge in [0.2, 0.25) is 15.9 Å². The van der Waals surface area contributed by atoms with Crippen molar-refractivity contribution >= 4 is 66.2 Å². The molecule has 1 amide bonds. The van der Waals surface area contributed by atoms with Crippen molar-refractivity contribution in [2.45, 2.75) is 11.5 Å². The van der Waals surface area contributed by atoms with Gasteiger partial charge in [0.25, 0.3) is 10.0 Å². The second-order valence-corrected chi connectivity index (χ2v) is 13.2. The molecule has 4 aromatic carbocycles. The van der Waals surface area contributed by atoms with Gasteiger partial charge in [0.1, 0.15) is 18.9 Å². The predicted octanol–water partition coefficient (Wildman–Crippen LogP) is 5.78. The summed E-state index contributed by atoms with van der Waals surface area (Å²) in [5.41, 5.74) is 1.65. The molecule has 0 saturated heterocycles. The number of anilines is 3. The second kappa shape index (κ2) is 12.8. The van der Waals surface area contributed by atoms with Gasteiger partial charge in [0, 0.05) is 5.69 Å². The SMILES string of the molecule is CS(=O)(=O)N(CC(=O)Nc1ccc(S(=O)(=O)Nc2cccc(Cl)c2Cl)cc1)c1ccc(OCc2ccccc2)cc1. The number of benzene rings is 4. The third-order valence-corrected chi connectivity index (χ3v) is 9.05. The number of nitrogens with one attached hydrogen (secondary N) is 2. The molecule has 4 rings (SSSR count). The molecule has 13 heteroatoms. The Bertz CT molecular complexity index is 1730. The molecule has 0 bridgehead atoms. The van der Waals surface area contributed by atoms with Crippen molar-refractivity contribution < 1.29 is 26.4 Å². The number of halogens is 2. The summed E-state index contributed by atoms with van der Waals surface area (Å²) in [6.07, 6.45) is 0.999. The first-order valence-electron chi connectivity index (χ1n) is 12.0. The fourth-order valence-corrected chi connectivity index (χ4v) is 6.02. The van der Waals surface area contributed by atoms with E-state index in [-0.39, 0.29) is 32.0 Å². The Morgan fingerprint density at radius 2 is 1.49 bits per heavy atom. The smallest absolute Gasteiger partial charge is 0.261 e. The molecule has 2 N–H and O–H groups in total. The summed E-state index contributed by atoms with van der Waals surface area (Å²) < 4.78 is 59.6. The molecule has 0 spiro atoms. The molecule has 4 aromatic rings. The molecule has 0 aromatic heterocycles. The predicted molar refractivity (Wildman–Crippen MR) is 162 cm³/mol. The topological polar surface area (TPSA) is 122 Å². The van der Waals surface area contributed by atoms with Crippen LogP contribution >= 0.6 is 23.2 Å². The summed E-state index contributed by atoms with van der Waals surface area (Å²) in [6.45, 7) is -0.152. The van der Waals surface area contributed by atoms with Gasteiger partial charge in [0.15, 0.2) is 0 Å². The fourth-order valence-electron chi connectivity index (χ4n) is 3.68. The Labute approximate surface area is 248 Å². The average Bonchev–Trinajstić information content (AvgIpc) is 2.94. The molecule has 214 valence electrons. The molecule has 0 fully saturated rings. The zero-order chi connectivity index (χ0) is 29.6. The normalized spacial score (nSPS) is 11.5. The highest BCUT2D eigenvalue weighted by molar-refractivity contribution is 7.92. The summed E-state index contributed by atoms with van der Waals surface area (Å²) >= 11 is 12.0. The van der Waals surface area contributed by atoms with Crippen LogP contribution in [0.15, 0.2) is 102 Å². The van der Waals surface area contributed by atoms with Crippen LogP contribution in [0.5, 0.6) is 5.75 Å². The number of carbonyl (C=O) groups is 1. The van der Waals surface area contributed by atoms with E-state index in [1.807, 2.05) is 30.3 Å². The number of carbonyl (C=O) groups excluding carboxylic acids is 1. The van der Waals surface area contributed by atoms with E-state index in [4.69, 9.17) is 27.9 Å². The number of sulfonamides is 2. The maximum atomic E-state index is 12.8. The highest BCUT2D eigenvalue weighted by Crippen LogP contribution is 2.31. The van der Waals surface area contributed by atoms with Gasteiger partial charge < -0.3 is 10.1 Å². The summed E-state index contributed by atoms with van der Waals surface area (Å²) in [7, 11) is -7.81. The maximum Gasteiger partial charge on any atom is 0.261 e. The van der Waals surface area contributed by atoms with Gasteiger partial charge in [-0.05, 0) is 66.2 Å². The number of hydrogen-bond acceptors (Lipinski definition) is 6. The van der Waals surface area contributed by atoms with Crippen LogP contribution in [0.3, 0.4) is 0 Å². The van der Waals surface area contributed by atoms with E-state index in [2.05, 4.69) is 10.0 Å². The minimum atomic E-state index is -4.00. The molecule has 0 saturated carbocycles. The Balaban J connectivity index is 1.40. The lowest BCUT2D eigenvalue weighted by molar-refractivity contribution is -0.114. The molecular formula is C28H25Cl2N3O6S2. The monoisotopic (exact) mass is 633 g/mol. The first-order valence-corrected chi connectivity index (χ1v) is 16.1. The van der Waals surface area contributed by atoms with Crippen molar-refractivity contribution in [1.82, 2.24) is 0 Å². The number of nitrogens with zero attached hydrogens (tertiary/aromatic N) is 1. The van der Waals surface area contributed by atoms with E-state index in [1.165, 1.54) is 36.4 Å².